The molecule has 4 rings (SSSR count). The SMILES string of the molecule is C[C@@H](c1cnc[nH]1)n1c(=O)c2nn(C)cc2c2ccc(Cl)cc21. The number of aromatic amines is 1. The first-order valence-corrected chi connectivity index (χ1v) is 7.59. The number of hydrogen-bond donors (Lipinski definition) is 1. The van der Waals surface area contributed by atoms with Crippen molar-refractivity contribution >= 4 is 33.4 Å². The molecule has 0 aliphatic rings. The number of aryl methyl sites for hydroxylation is 1. The first-order chi connectivity index (χ1) is 11.1. The number of nitrogens with one attached hydrogen (secondary N) is 1. The van der Waals surface area contributed by atoms with E-state index in [1.807, 2.05) is 38.4 Å². The summed E-state index contributed by atoms with van der Waals surface area (Å²) in [5, 5.41) is 6.70. The van der Waals surface area contributed by atoms with E-state index in [0.29, 0.717) is 10.5 Å². The maximum absolute atomic E-state index is 13.0. The summed E-state index contributed by atoms with van der Waals surface area (Å²) < 4.78 is 3.37. The molecule has 4 aromatic rings. The minimum atomic E-state index is -0.211. The number of fused-ring (bicyclic) bond motifs is 3. The van der Waals surface area contributed by atoms with E-state index in [4.69, 9.17) is 11.6 Å². The van der Waals surface area contributed by atoms with Gasteiger partial charge in [0.1, 0.15) is 0 Å². The van der Waals surface area contributed by atoms with Gasteiger partial charge >= 0.3 is 0 Å². The van der Waals surface area contributed by atoms with Gasteiger partial charge in [-0.2, -0.15) is 5.10 Å². The topological polar surface area (TPSA) is 68.5 Å². The molecule has 23 heavy (non-hydrogen) atoms. The van der Waals surface area contributed by atoms with Crippen molar-refractivity contribution in [1.82, 2.24) is 24.3 Å². The van der Waals surface area contributed by atoms with Crippen LogP contribution in [0.2, 0.25) is 5.02 Å². The predicted molar refractivity (Wildman–Crippen MR) is 89.9 cm³/mol. The Morgan fingerprint density at radius 3 is 2.87 bits per heavy atom. The fourth-order valence-electron chi connectivity index (χ4n) is 3.02. The molecular formula is C16H14ClN5O. The molecular weight excluding hydrogens is 314 g/mol. The standard InChI is InChI=1S/C16H14ClN5O/c1-9(13-6-18-8-19-13)22-14-5-10(17)3-4-11(14)12-7-21(2)20-15(12)16(22)23/h3-9H,1-2H3,(H,18,19)/t9-/m0/s1. The van der Waals surface area contributed by atoms with Gasteiger partial charge in [0, 0.05) is 29.0 Å². The summed E-state index contributed by atoms with van der Waals surface area (Å²) in [5.41, 5.74) is 1.94. The van der Waals surface area contributed by atoms with Crippen LogP contribution in [0.25, 0.3) is 21.8 Å². The van der Waals surface area contributed by atoms with Crippen LogP contribution in [0, 0.1) is 0 Å². The van der Waals surface area contributed by atoms with Crippen LogP contribution in [0.5, 0.6) is 0 Å². The number of pyridine rings is 1. The highest BCUT2D eigenvalue weighted by atomic mass is 35.5. The zero-order chi connectivity index (χ0) is 16.1. The van der Waals surface area contributed by atoms with Crippen molar-refractivity contribution in [1.29, 1.82) is 0 Å². The second-order valence-electron chi connectivity index (χ2n) is 5.58. The Morgan fingerprint density at radius 2 is 2.13 bits per heavy atom. The van der Waals surface area contributed by atoms with E-state index < -0.39 is 0 Å². The number of hydrogen-bond acceptors (Lipinski definition) is 3. The maximum atomic E-state index is 13.0. The van der Waals surface area contributed by atoms with Crippen LogP contribution in [0.3, 0.4) is 0 Å². The molecule has 1 N–H and O–H groups in total. The van der Waals surface area contributed by atoms with Crippen LogP contribution in [-0.4, -0.2) is 24.3 Å². The number of H-pyrrole nitrogens is 1. The average Bonchev–Trinajstić information content (AvgIpc) is 3.16. The summed E-state index contributed by atoms with van der Waals surface area (Å²) in [7, 11) is 1.81. The monoisotopic (exact) mass is 327 g/mol. The third kappa shape index (κ3) is 2.06. The maximum Gasteiger partial charge on any atom is 0.280 e. The number of imidazole rings is 1. The molecule has 0 radical (unpaired) electrons. The molecule has 0 bridgehead atoms. The number of aromatic nitrogens is 5. The molecule has 7 heteroatoms. The van der Waals surface area contributed by atoms with Gasteiger partial charge in [-0.05, 0) is 19.1 Å². The van der Waals surface area contributed by atoms with E-state index >= 15 is 0 Å². The fraction of sp³-hybridized carbons (Fsp3) is 0.188. The van der Waals surface area contributed by atoms with Crippen LogP contribution >= 0.6 is 11.6 Å². The first-order valence-electron chi connectivity index (χ1n) is 7.21. The molecule has 0 saturated carbocycles. The van der Waals surface area contributed by atoms with Crippen LogP contribution in [0.1, 0.15) is 18.7 Å². The van der Waals surface area contributed by atoms with E-state index in [1.54, 1.807) is 21.8 Å². The Kier molecular flexibility index (Phi) is 3.02. The Morgan fingerprint density at radius 1 is 1.30 bits per heavy atom. The molecule has 3 heterocycles. The van der Waals surface area contributed by atoms with Crippen LogP contribution in [0.4, 0.5) is 0 Å². The third-order valence-corrected chi connectivity index (χ3v) is 4.35. The lowest BCUT2D eigenvalue weighted by molar-refractivity contribution is 0.626. The van der Waals surface area contributed by atoms with Gasteiger partial charge in [-0.1, -0.05) is 17.7 Å². The molecule has 0 saturated heterocycles. The lowest BCUT2D eigenvalue weighted by Crippen LogP contribution is -2.25. The molecule has 6 nitrogen and oxygen atoms in total. The molecule has 1 aromatic carbocycles. The van der Waals surface area contributed by atoms with Gasteiger partial charge in [-0.15, -0.1) is 0 Å². The van der Waals surface area contributed by atoms with Crippen LogP contribution < -0.4 is 5.56 Å². The van der Waals surface area contributed by atoms with Gasteiger partial charge in [0.2, 0.25) is 0 Å². The minimum Gasteiger partial charge on any atom is -0.347 e. The van der Waals surface area contributed by atoms with Gasteiger partial charge in [0.25, 0.3) is 5.56 Å². The first kappa shape index (κ1) is 14.0. The largest absolute Gasteiger partial charge is 0.347 e. The van der Waals surface area contributed by atoms with Crippen molar-refractivity contribution in [2.45, 2.75) is 13.0 Å². The number of nitrogens with zero attached hydrogens (tertiary/aromatic N) is 4. The quantitative estimate of drug-likeness (QED) is 0.615. The molecule has 0 fully saturated rings. The predicted octanol–water partition coefficient (Wildman–Crippen LogP) is 2.87. The Labute approximate surface area is 136 Å². The van der Waals surface area contributed by atoms with Gasteiger partial charge in [0.05, 0.1) is 29.8 Å². The van der Waals surface area contributed by atoms with Crippen LogP contribution in [-0.2, 0) is 7.05 Å². The molecule has 0 amide bonds. The van der Waals surface area contributed by atoms with Crippen LogP contribution in [0.15, 0.2) is 41.7 Å². The van der Waals surface area contributed by atoms with E-state index in [0.717, 1.165) is 22.0 Å². The Hall–Kier alpha value is -2.60. The van der Waals surface area contributed by atoms with E-state index in [1.165, 1.54) is 0 Å². The summed E-state index contributed by atoms with van der Waals surface area (Å²) in [6.45, 7) is 1.95. The zero-order valence-electron chi connectivity index (χ0n) is 12.6. The van der Waals surface area contributed by atoms with Crippen molar-refractivity contribution in [3.8, 4) is 0 Å². The van der Waals surface area contributed by atoms with Crippen molar-refractivity contribution in [2.75, 3.05) is 0 Å². The highest BCUT2D eigenvalue weighted by molar-refractivity contribution is 6.31. The normalized spacial score (nSPS) is 13.0. The second-order valence-corrected chi connectivity index (χ2v) is 6.02. The summed E-state index contributed by atoms with van der Waals surface area (Å²) in [6.07, 6.45) is 5.18. The molecule has 116 valence electrons. The van der Waals surface area contributed by atoms with E-state index in [9.17, 15) is 4.79 Å². The molecule has 1 atom stereocenters. The van der Waals surface area contributed by atoms with Crippen molar-refractivity contribution in [3.63, 3.8) is 0 Å². The number of benzene rings is 1. The number of rotatable bonds is 2. The highest BCUT2D eigenvalue weighted by Gasteiger charge is 2.19. The van der Waals surface area contributed by atoms with Crippen molar-refractivity contribution in [2.24, 2.45) is 7.05 Å². The number of halogens is 1. The molecule has 0 aliphatic carbocycles. The second kappa shape index (κ2) is 4.96. The summed E-state index contributed by atoms with van der Waals surface area (Å²) in [6, 6.07) is 5.36. The molecule has 0 unspecified atom stereocenters. The van der Waals surface area contributed by atoms with Gasteiger partial charge in [-0.25, -0.2) is 4.98 Å². The Bertz CT molecular complexity index is 1080. The van der Waals surface area contributed by atoms with E-state index in [-0.39, 0.29) is 11.6 Å². The summed E-state index contributed by atoms with van der Waals surface area (Å²) in [5.74, 6) is 0. The zero-order valence-corrected chi connectivity index (χ0v) is 13.4. The van der Waals surface area contributed by atoms with Gasteiger partial charge < -0.3 is 4.98 Å². The van der Waals surface area contributed by atoms with Gasteiger partial charge in [-0.3, -0.25) is 14.0 Å². The smallest absolute Gasteiger partial charge is 0.280 e. The summed E-state index contributed by atoms with van der Waals surface area (Å²) in [4.78, 5) is 20.1. The third-order valence-electron chi connectivity index (χ3n) is 4.12. The molecule has 0 spiro atoms. The lowest BCUT2D eigenvalue weighted by atomic mass is 10.1. The van der Waals surface area contributed by atoms with Crippen molar-refractivity contribution in [3.05, 3.63) is 58.0 Å². The lowest BCUT2D eigenvalue weighted by Gasteiger charge is -2.17. The fourth-order valence-corrected chi connectivity index (χ4v) is 3.18. The molecule has 3 aromatic heterocycles. The Balaban J connectivity index is 2.17. The summed E-state index contributed by atoms with van der Waals surface area (Å²) >= 11 is 6.17. The van der Waals surface area contributed by atoms with E-state index in [2.05, 4.69) is 15.1 Å². The minimum absolute atomic E-state index is 0.141. The average molecular weight is 328 g/mol. The molecule has 0 aliphatic heterocycles. The van der Waals surface area contributed by atoms with Crippen molar-refractivity contribution < 1.29 is 0 Å². The highest BCUT2D eigenvalue weighted by Crippen LogP contribution is 2.28. The van der Waals surface area contributed by atoms with Gasteiger partial charge in [0.15, 0.2) is 5.52 Å².